The lowest BCUT2D eigenvalue weighted by molar-refractivity contribution is 0.625. The van der Waals surface area contributed by atoms with Crippen LogP contribution >= 0.6 is 11.6 Å². The highest BCUT2D eigenvalue weighted by Gasteiger charge is 2.19. The Hall–Kier alpha value is -0.560. The van der Waals surface area contributed by atoms with Crippen molar-refractivity contribution in [2.75, 3.05) is 0 Å². The number of hydrogen-bond acceptors (Lipinski definition) is 0. The molecule has 0 radical (unpaired) electrons. The topological polar surface area (TPSA) is 0 Å². The summed E-state index contributed by atoms with van der Waals surface area (Å²) in [5.74, 6) is -0.184. The lowest BCUT2D eigenvalue weighted by Crippen LogP contribution is -1.85. The lowest BCUT2D eigenvalue weighted by Gasteiger charge is -2.00. The molecule has 1 unspecified atom stereocenters. The van der Waals surface area contributed by atoms with Gasteiger partial charge >= 0.3 is 0 Å². The molecule has 0 aromatic heterocycles. The minimum absolute atomic E-state index is 0.0284. The van der Waals surface area contributed by atoms with Crippen molar-refractivity contribution in [2.45, 2.75) is 18.2 Å². The van der Waals surface area contributed by atoms with E-state index in [-0.39, 0.29) is 11.2 Å². The average Bonchev–Trinajstić information content (AvgIpc) is 2.33. The monoisotopic (exact) mass is 170 g/mol. The Bertz CT molecular complexity index is 283. The molecule has 0 nitrogen and oxygen atoms in total. The van der Waals surface area contributed by atoms with Gasteiger partial charge in [-0.2, -0.15) is 0 Å². The molecule has 0 saturated heterocycles. The molecule has 2 rings (SSSR count). The summed E-state index contributed by atoms with van der Waals surface area (Å²) in [7, 11) is 0. The minimum Gasteiger partial charge on any atom is -0.207 e. The van der Waals surface area contributed by atoms with E-state index in [1.807, 2.05) is 6.07 Å². The van der Waals surface area contributed by atoms with Crippen LogP contribution in [-0.4, -0.2) is 0 Å². The summed E-state index contributed by atoms with van der Waals surface area (Å²) in [6.07, 6.45) is 1.93. The molecule has 1 atom stereocenters. The molecule has 0 N–H and O–H groups in total. The number of benzene rings is 1. The van der Waals surface area contributed by atoms with Gasteiger partial charge in [-0.25, -0.2) is 4.39 Å². The molecule has 2 heteroatoms. The van der Waals surface area contributed by atoms with E-state index in [0.29, 0.717) is 0 Å². The minimum atomic E-state index is -0.184. The first-order valence-corrected chi connectivity index (χ1v) is 4.13. The van der Waals surface area contributed by atoms with Crippen molar-refractivity contribution >= 4 is 11.6 Å². The third kappa shape index (κ3) is 1.14. The van der Waals surface area contributed by atoms with Gasteiger partial charge in [0.15, 0.2) is 0 Å². The largest absolute Gasteiger partial charge is 0.207 e. The van der Waals surface area contributed by atoms with Gasteiger partial charge in [-0.1, -0.05) is 6.07 Å². The second-order valence-corrected chi connectivity index (χ2v) is 3.38. The molecular weight excluding hydrogens is 163 g/mol. The maximum Gasteiger partial charge on any atom is 0.123 e. The molecule has 0 spiro atoms. The zero-order valence-corrected chi connectivity index (χ0v) is 6.74. The molecule has 1 aromatic carbocycles. The summed E-state index contributed by atoms with van der Waals surface area (Å²) in [5.41, 5.74) is 2.18. The number of rotatable bonds is 0. The van der Waals surface area contributed by atoms with Crippen molar-refractivity contribution < 1.29 is 4.39 Å². The van der Waals surface area contributed by atoms with E-state index in [9.17, 15) is 4.39 Å². The zero-order valence-electron chi connectivity index (χ0n) is 5.98. The van der Waals surface area contributed by atoms with Crippen LogP contribution in [0.1, 0.15) is 22.9 Å². The first-order valence-electron chi connectivity index (χ1n) is 3.70. The van der Waals surface area contributed by atoms with Crippen LogP contribution in [0.3, 0.4) is 0 Å². The van der Waals surface area contributed by atoms with Crippen LogP contribution in [0.5, 0.6) is 0 Å². The SMILES string of the molecule is Fc1ccc2c(c1)C(Cl)CC2. The highest BCUT2D eigenvalue weighted by atomic mass is 35.5. The molecule has 58 valence electrons. The van der Waals surface area contributed by atoms with E-state index in [2.05, 4.69) is 0 Å². The van der Waals surface area contributed by atoms with Crippen LogP contribution in [0, 0.1) is 5.82 Å². The van der Waals surface area contributed by atoms with E-state index in [1.54, 1.807) is 6.07 Å². The number of halogens is 2. The Morgan fingerprint density at radius 1 is 1.45 bits per heavy atom. The summed E-state index contributed by atoms with van der Waals surface area (Å²) < 4.78 is 12.7. The van der Waals surface area contributed by atoms with Crippen LogP contribution in [0.15, 0.2) is 18.2 Å². The van der Waals surface area contributed by atoms with E-state index < -0.39 is 0 Å². The van der Waals surface area contributed by atoms with Crippen LogP contribution in [0.2, 0.25) is 0 Å². The van der Waals surface area contributed by atoms with Crippen molar-refractivity contribution in [3.05, 3.63) is 35.1 Å². The average molecular weight is 171 g/mol. The number of hydrogen-bond donors (Lipinski definition) is 0. The molecule has 0 bridgehead atoms. The molecule has 0 saturated carbocycles. The summed E-state index contributed by atoms with van der Waals surface area (Å²) >= 11 is 5.95. The van der Waals surface area contributed by atoms with E-state index >= 15 is 0 Å². The normalized spacial score (nSPS) is 21.8. The van der Waals surface area contributed by atoms with Gasteiger partial charge in [-0.05, 0) is 36.1 Å². The van der Waals surface area contributed by atoms with Crippen molar-refractivity contribution in [1.82, 2.24) is 0 Å². The molecular formula is C9H8ClF. The Morgan fingerprint density at radius 3 is 3.09 bits per heavy atom. The van der Waals surface area contributed by atoms with Crippen LogP contribution in [-0.2, 0) is 6.42 Å². The van der Waals surface area contributed by atoms with Gasteiger partial charge in [0, 0.05) is 0 Å². The zero-order chi connectivity index (χ0) is 7.84. The fraction of sp³-hybridized carbons (Fsp3) is 0.333. The Balaban J connectivity index is 2.52. The molecule has 1 aliphatic carbocycles. The molecule has 0 aliphatic heterocycles. The van der Waals surface area contributed by atoms with Crippen molar-refractivity contribution in [3.8, 4) is 0 Å². The summed E-state index contributed by atoms with van der Waals surface area (Å²) in [6.45, 7) is 0. The third-order valence-corrected chi connectivity index (χ3v) is 2.57. The van der Waals surface area contributed by atoms with Crippen LogP contribution in [0.25, 0.3) is 0 Å². The first kappa shape index (κ1) is 7.11. The molecule has 1 aromatic rings. The molecule has 1 aliphatic rings. The third-order valence-electron chi connectivity index (χ3n) is 2.11. The standard InChI is InChI=1S/C9H8ClF/c10-9-4-2-6-1-3-7(11)5-8(6)9/h1,3,5,9H,2,4H2. The number of alkyl halides is 1. The van der Waals surface area contributed by atoms with E-state index in [0.717, 1.165) is 18.4 Å². The van der Waals surface area contributed by atoms with Gasteiger partial charge in [0.25, 0.3) is 0 Å². The number of aryl methyl sites for hydroxylation is 1. The second kappa shape index (κ2) is 2.49. The van der Waals surface area contributed by atoms with E-state index in [1.165, 1.54) is 11.6 Å². The maximum atomic E-state index is 12.7. The fourth-order valence-corrected chi connectivity index (χ4v) is 1.84. The predicted molar refractivity (Wildman–Crippen MR) is 43.3 cm³/mol. The summed E-state index contributed by atoms with van der Waals surface area (Å²) in [4.78, 5) is 0. The summed E-state index contributed by atoms with van der Waals surface area (Å²) in [6, 6.07) is 4.86. The molecule has 0 heterocycles. The van der Waals surface area contributed by atoms with Gasteiger partial charge < -0.3 is 0 Å². The highest BCUT2D eigenvalue weighted by Crippen LogP contribution is 2.35. The Labute approximate surface area is 70.0 Å². The Morgan fingerprint density at radius 2 is 2.27 bits per heavy atom. The Kier molecular flexibility index (Phi) is 1.61. The molecule has 0 fully saturated rings. The smallest absolute Gasteiger partial charge is 0.123 e. The first-order chi connectivity index (χ1) is 5.27. The van der Waals surface area contributed by atoms with Gasteiger partial charge in [0.2, 0.25) is 0 Å². The van der Waals surface area contributed by atoms with Crippen LogP contribution in [0.4, 0.5) is 4.39 Å². The van der Waals surface area contributed by atoms with Gasteiger partial charge in [-0.15, -0.1) is 11.6 Å². The van der Waals surface area contributed by atoms with E-state index in [4.69, 9.17) is 11.6 Å². The summed E-state index contributed by atoms with van der Waals surface area (Å²) in [5, 5.41) is 0.0284. The molecule has 11 heavy (non-hydrogen) atoms. The lowest BCUT2D eigenvalue weighted by atomic mass is 10.1. The second-order valence-electron chi connectivity index (χ2n) is 2.85. The van der Waals surface area contributed by atoms with Gasteiger partial charge in [-0.3, -0.25) is 0 Å². The van der Waals surface area contributed by atoms with Gasteiger partial charge in [0.1, 0.15) is 5.82 Å². The van der Waals surface area contributed by atoms with Crippen molar-refractivity contribution in [1.29, 1.82) is 0 Å². The maximum absolute atomic E-state index is 12.7. The quantitative estimate of drug-likeness (QED) is 0.525. The van der Waals surface area contributed by atoms with Gasteiger partial charge in [0.05, 0.1) is 5.38 Å². The van der Waals surface area contributed by atoms with Crippen molar-refractivity contribution in [3.63, 3.8) is 0 Å². The predicted octanol–water partition coefficient (Wildman–Crippen LogP) is 3.05. The van der Waals surface area contributed by atoms with Crippen LogP contribution < -0.4 is 0 Å². The molecule has 0 amide bonds. The highest BCUT2D eigenvalue weighted by molar-refractivity contribution is 6.21. The number of fused-ring (bicyclic) bond motifs is 1. The van der Waals surface area contributed by atoms with Crippen molar-refractivity contribution in [2.24, 2.45) is 0 Å². The fourth-order valence-electron chi connectivity index (χ4n) is 1.52.